The zero-order chi connectivity index (χ0) is 15.6. The fourth-order valence-corrected chi connectivity index (χ4v) is 3.37. The van der Waals surface area contributed by atoms with Crippen LogP contribution in [0, 0.1) is 5.41 Å². The summed E-state index contributed by atoms with van der Waals surface area (Å²) in [5.41, 5.74) is 0.820. The molecule has 1 N–H and O–H groups in total. The maximum absolute atomic E-state index is 13.0. The summed E-state index contributed by atoms with van der Waals surface area (Å²) in [5.74, 6) is -0.902. The van der Waals surface area contributed by atoms with Gasteiger partial charge in [-0.25, -0.2) is 4.79 Å². The van der Waals surface area contributed by atoms with Crippen molar-refractivity contribution < 1.29 is 19.4 Å². The van der Waals surface area contributed by atoms with Crippen molar-refractivity contribution in [1.29, 1.82) is 0 Å². The molecule has 1 saturated heterocycles. The highest BCUT2D eigenvalue weighted by atomic mass is 16.5. The molecule has 22 heavy (non-hydrogen) atoms. The number of nitrogens with zero attached hydrogens (tertiary/aromatic N) is 1. The first-order valence-corrected chi connectivity index (χ1v) is 7.78. The second-order valence-corrected chi connectivity index (χ2v) is 6.25. The smallest absolute Gasteiger partial charge is 0.334 e. The van der Waals surface area contributed by atoms with Gasteiger partial charge in [-0.1, -0.05) is 36.8 Å². The van der Waals surface area contributed by atoms with Gasteiger partial charge in [-0.2, -0.15) is 0 Å². The van der Waals surface area contributed by atoms with Crippen LogP contribution in [0.4, 0.5) is 0 Å². The average molecular weight is 303 g/mol. The summed E-state index contributed by atoms with van der Waals surface area (Å²) in [4.78, 5) is 25.7. The molecule has 1 aliphatic carbocycles. The number of benzene rings is 1. The Balaban J connectivity index is 1.72. The lowest BCUT2D eigenvalue weighted by molar-refractivity contribution is -0.165. The van der Waals surface area contributed by atoms with E-state index in [0.717, 1.165) is 25.7 Å². The van der Waals surface area contributed by atoms with Gasteiger partial charge in [0.2, 0.25) is 5.91 Å². The van der Waals surface area contributed by atoms with Crippen LogP contribution in [-0.2, 0) is 20.7 Å². The van der Waals surface area contributed by atoms with Crippen molar-refractivity contribution in [3.63, 3.8) is 0 Å². The molecule has 1 heterocycles. The first kappa shape index (κ1) is 15.0. The lowest BCUT2D eigenvalue weighted by atomic mass is 9.64. The highest BCUT2D eigenvalue weighted by Gasteiger charge is 2.47. The van der Waals surface area contributed by atoms with Gasteiger partial charge in [0.15, 0.2) is 6.10 Å². The van der Waals surface area contributed by atoms with E-state index in [9.17, 15) is 9.59 Å². The summed E-state index contributed by atoms with van der Waals surface area (Å²) in [6.45, 7) is 0.938. The second kappa shape index (κ2) is 6.08. The van der Waals surface area contributed by atoms with E-state index >= 15 is 0 Å². The van der Waals surface area contributed by atoms with Crippen molar-refractivity contribution in [3.8, 4) is 0 Å². The van der Waals surface area contributed by atoms with Crippen LogP contribution in [0.2, 0.25) is 0 Å². The Kier molecular flexibility index (Phi) is 4.16. The first-order chi connectivity index (χ1) is 10.6. The number of morpholine rings is 1. The van der Waals surface area contributed by atoms with Gasteiger partial charge in [0, 0.05) is 6.54 Å². The number of rotatable bonds is 4. The number of carbonyl (C=O) groups is 2. The van der Waals surface area contributed by atoms with E-state index in [1.807, 2.05) is 30.3 Å². The number of carboxylic acid groups (broad SMARTS) is 1. The van der Waals surface area contributed by atoms with Gasteiger partial charge in [0.1, 0.15) is 0 Å². The van der Waals surface area contributed by atoms with Gasteiger partial charge in [-0.3, -0.25) is 4.79 Å². The minimum atomic E-state index is -0.997. The third-order valence-corrected chi connectivity index (χ3v) is 4.78. The molecule has 0 unspecified atom stereocenters. The summed E-state index contributed by atoms with van der Waals surface area (Å²) in [6.07, 6.45) is 2.67. The summed E-state index contributed by atoms with van der Waals surface area (Å²) in [5, 5.41) is 9.08. The zero-order valence-corrected chi connectivity index (χ0v) is 12.5. The Morgan fingerprint density at radius 2 is 2.00 bits per heavy atom. The molecule has 5 heteroatoms. The molecular formula is C17H21NO4. The number of hydrogen-bond donors (Lipinski definition) is 1. The lowest BCUT2D eigenvalue weighted by Crippen LogP contribution is -2.55. The third kappa shape index (κ3) is 2.86. The van der Waals surface area contributed by atoms with Gasteiger partial charge >= 0.3 is 5.97 Å². The molecule has 1 saturated carbocycles. The Labute approximate surface area is 129 Å². The molecule has 2 fully saturated rings. The average Bonchev–Trinajstić information content (AvgIpc) is 2.51. The number of carboxylic acids is 1. The number of hydrogen-bond acceptors (Lipinski definition) is 3. The topological polar surface area (TPSA) is 66.8 Å². The molecule has 0 aromatic heterocycles. The number of aliphatic carboxylic acids is 1. The molecule has 0 spiro atoms. The van der Waals surface area contributed by atoms with Crippen LogP contribution in [0.1, 0.15) is 24.8 Å². The monoisotopic (exact) mass is 303 g/mol. The van der Waals surface area contributed by atoms with Gasteiger partial charge in [-0.15, -0.1) is 0 Å². The van der Waals surface area contributed by atoms with Gasteiger partial charge in [0.05, 0.1) is 18.6 Å². The minimum absolute atomic E-state index is 0.0946. The van der Waals surface area contributed by atoms with E-state index in [0.29, 0.717) is 13.2 Å². The predicted octanol–water partition coefficient (Wildman–Crippen LogP) is 1.71. The molecule has 5 nitrogen and oxygen atoms in total. The van der Waals surface area contributed by atoms with Crippen molar-refractivity contribution in [2.24, 2.45) is 5.41 Å². The molecule has 3 rings (SSSR count). The number of amides is 1. The normalized spacial score (nSPS) is 23.6. The van der Waals surface area contributed by atoms with E-state index in [4.69, 9.17) is 9.84 Å². The molecule has 0 radical (unpaired) electrons. The van der Waals surface area contributed by atoms with Crippen LogP contribution in [-0.4, -0.2) is 47.7 Å². The summed E-state index contributed by atoms with van der Waals surface area (Å²) in [7, 11) is 0. The highest BCUT2D eigenvalue weighted by molar-refractivity contribution is 5.85. The highest BCUT2D eigenvalue weighted by Crippen LogP contribution is 2.45. The van der Waals surface area contributed by atoms with Crippen molar-refractivity contribution in [3.05, 3.63) is 35.9 Å². The van der Waals surface area contributed by atoms with Crippen molar-refractivity contribution in [2.45, 2.75) is 31.8 Å². The quantitative estimate of drug-likeness (QED) is 0.919. The molecule has 2 aliphatic rings. The van der Waals surface area contributed by atoms with Gasteiger partial charge in [-0.05, 0) is 24.8 Å². The van der Waals surface area contributed by atoms with Gasteiger partial charge < -0.3 is 14.7 Å². The second-order valence-electron chi connectivity index (χ2n) is 6.25. The fraction of sp³-hybridized carbons (Fsp3) is 0.529. The number of ether oxygens (including phenoxy) is 1. The SMILES string of the molecule is O=C(O)[C@H]1CN(C(=O)C2(Cc3ccccc3)CCC2)CCO1. The van der Waals surface area contributed by atoms with Crippen LogP contribution in [0.25, 0.3) is 0 Å². The minimum Gasteiger partial charge on any atom is -0.479 e. The summed E-state index contributed by atoms with van der Waals surface area (Å²) < 4.78 is 5.21. The number of carbonyl (C=O) groups excluding carboxylic acids is 1. The van der Waals surface area contributed by atoms with Crippen LogP contribution in [0.5, 0.6) is 0 Å². The molecule has 1 amide bonds. The van der Waals surface area contributed by atoms with Crippen molar-refractivity contribution >= 4 is 11.9 Å². The maximum atomic E-state index is 13.0. The molecule has 1 atom stereocenters. The molecule has 1 aromatic rings. The Morgan fingerprint density at radius 3 is 2.59 bits per heavy atom. The van der Waals surface area contributed by atoms with Crippen LogP contribution in [0.3, 0.4) is 0 Å². The molecule has 1 aliphatic heterocycles. The predicted molar refractivity (Wildman–Crippen MR) is 80.4 cm³/mol. The van der Waals surface area contributed by atoms with E-state index in [2.05, 4.69) is 0 Å². The Hall–Kier alpha value is -1.88. The maximum Gasteiger partial charge on any atom is 0.334 e. The molecule has 0 bridgehead atoms. The van der Waals surface area contributed by atoms with Crippen LogP contribution in [0.15, 0.2) is 30.3 Å². The Morgan fingerprint density at radius 1 is 1.27 bits per heavy atom. The Bertz CT molecular complexity index is 553. The van der Waals surface area contributed by atoms with Gasteiger partial charge in [0.25, 0.3) is 0 Å². The van der Waals surface area contributed by atoms with E-state index in [-0.39, 0.29) is 17.9 Å². The first-order valence-electron chi connectivity index (χ1n) is 7.78. The molecule has 1 aromatic carbocycles. The van der Waals surface area contributed by atoms with Crippen molar-refractivity contribution in [2.75, 3.05) is 19.7 Å². The van der Waals surface area contributed by atoms with E-state index < -0.39 is 12.1 Å². The molecular weight excluding hydrogens is 282 g/mol. The van der Waals surface area contributed by atoms with E-state index in [1.54, 1.807) is 4.90 Å². The van der Waals surface area contributed by atoms with Crippen LogP contribution < -0.4 is 0 Å². The lowest BCUT2D eigenvalue weighted by Gasteiger charge is -2.45. The molecule has 118 valence electrons. The van der Waals surface area contributed by atoms with E-state index in [1.165, 1.54) is 5.56 Å². The summed E-state index contributed by atoms with van der Waals surface area (Å²) in [6, 6.07) is 10.0. The standard InChI is InChI=1S/C17H21NO4/c19-15(20)14-12-18(9-10-22-14)16(21)17(7-4-8-17)11-13-5-2-1-3-6-13/h1-3,5-6,14H,4,7-12H2,(H,19,20)/t14-/m1/s1. The summed E-state index contributed by atoms with van der Waals surface area (Å²) >= 11 is 0. The third-order valence-electron chi connectivity index (χ3n) is 4.78. The largest absolute Gasteiger partial charge is 0.479 e. The van der Waals surface area contributed by atoms with Crippen molar-refractivity contribution in [1.82, 2.24) is 4.90 Å². The zero-order valence-electron chi connectivity index (χ0n) is 12.5. The fourth-order valence-electron chi connectivity index (χ4n) is 3.37. The van der Waals surface area contributed by atoms with Crippen LogP contribution >= 0.6 is 0 Å².